The molecule has 8 heteroatoms. The number of hydrogen-bond donors (Lipinski definition) is 1. The van der Waals surface area contributed by atoms with Crippen molar-refractivity contribution < 1.29 is 18.0 Å². The zero-order chi connectivity index (χ0) is 18.0. The van der Waals surface area contributed by atoms with E-state index in [2.05, 4.69) is 10.3 Å². The Bertz CT molecular complexity index is 815. The maximum Gasteiger partial charge on any atom is 0.416 e. The molecule has 0 unspecified atom stereocenters. The summed E-state index contributed by atoms with van der Waals surface area (Å²) in [4.78, 5) is 17.6. The van der Waals surface area contributed by atoms with E-state index in [9.17, 15) is 18.0 Å². The second-order valence-electron chi connectivity index (χ2n) is 6.08. The summed E-state index contributed by atoms with van der Waals surface area (Å²) in [5.41, 5.74) is -0.175. The third-order valence-corrected chi connectivity index (χ3v) is 5.02. The molecule has 1 N–H and O–H groups in total. The van der Waals surface area contributed by atoms with Gasteiger partial charge in [0, 0.05) is 22.8 Å². The Hall–Kier alpha value is -2.09. The highest BCUT2D eigenvalue weighted by Gasteiger charge is 2.30. The molecular formula is C17H18F3N3OS. The van der Waals surface area contributed by atoms with Gasteiger partial charge in [0.05, 0.1) is 5.56 Å². The zero-order valence-electron chi connectivity index (χ0n) is 13.6. The van der Waals surface area contributed by atoms with E-state index in [1.165, 1.54) is 23.5 Å². The molecule has 1 aromatic carbocycles. The molecule has 0 atom stereocenters. The summed E-state index contributed by atoms with van der Waals surface area (Å²) in [6.07, 6.45) is 1.52. The van der Waals surface area contributed by atoms with Crippen LogP contribution in [0.5, 0.6) is 0 Å². The number of urea groups is 1. The summed E-state index contributed by atoms with van der Waals surface area (Å²) >= 11 is 1.32. The Morgan fingerprint density at radius 3 is 2.48 bits per heavy atom. The van der Waals surface area contributed by atoms with Crippen LogP contribution in [0, 0.1) is 6.92 Å². The van der Waals surface area contributed by atoms with E-state index >= 15 is 0 Å². The number of alkyl halides is 3. The second-order valence-corrected chi connectivity index (χ2v) is 7.29. The number of thiazole rings is 1. The number of benzene rings is 1. The van der Waals surface area contributed by atoms with Crippen LogP contribution >= 0.6 is 11.3 Å². The maximum atomic E-state index is 12.7. The molecule has 0 spiro atoms. The molecule has 1 saturated carbocycles. The standard InChI is InChI=1S/C17H18F3N3OS/c1-11-10-23(14-8-6-12(7-9-14)17(18,19)20)16(25-11)22-15(24)21-13-4-2-3-5-13/h6-10,13H,2-5H2,1H3,(H,21,24)/b22-16-. The van der Waals surface area contributed by atoms with Gasteiger partial charge in [0.1, 0.15) is 0 Å². The van der Waals surface area contributed by atoms with Gasteiger partial charge < -0.3 is 5.32 Å². The summed E-state index contributed by atoms with van der Waals surface area (Å²) in [6, 6.07) is 4.56. The molecule has 2 aromatic rings. The van der Waals surface area contributed by atoms with Crippen LogP contribution in [-0.2, 0) is 6.18 Å². The fourth-order valence-electron chi connectivity index (χ4n) is 2.89. The van der Waals surface area contributed by atoms with Crippen LogP contribution in [0.1, 0.15) is 36.1 Å². The van der Waals surface area contributed by atoms with Crippen molar-refractivity contribution in [3.63, 3.8) is 0 Å². The highest BCUT2D eigenvalue weighted by molar-refractivity contribution is 7.09. The number of amides is 2. The predicted octanol–water partition coefficient (Wildman–Crippen LogP) is 4.42. The third kappa shape index (κ3) is 4.31. The molecule has 0 bridgehead atoms. The number of nitrogens with one attached hydrogen (secondary N) is 1. The van der Waals surface area contributed by atoms with Crippen molar-refractivity contribution in [2.45, 2.75) is 44.8 Å². The zero-order valence-corrected chi connectivity index (χ0v) is 14.5. The first kappa shape index (κ1) is 17.7. The van der Waals surface area contributed by atoms with Gasteiger partial charge in [-0.15, -0.1) is 11.3 Å². The lowest BCUT2D eigenvalue weighted by molar-refractivity contribution is -0.137. The van der Waals surface area contributed by atoms with E-state index in [1.807, 2.05) is 6.92 Å². The fraction of sp³-hybridized carbons (Fsp3) is 0.412. The lowest BCUT2D eigenvalue weighted by Crippen LogP contribution is -2.32. The van der Waals surface area contributed by atoms with Crippen molar-refractivity contribution in [3.05, 3.63) is 45.7 Å². The number of carbonyl (C=O) groups excluding carboxylic acids is 1. The average Bonchev–Trinajstić information content (AvgIpc) is 3.16. The van der Waals surface area contributed by atoms with E-state index in [1.54, 1.807) is 10.8 Å². The molecule has 0 aliphatic heterocycles. The van der Waals surface area contributed by atoms with Gasteiger partial charge in [-0.3, -0.25) is 4.57 Å². The van der Waals surface area contributed by atoms with Crippen molar-refractivity contribution in [1.82, 2.24) is 9.88 Å². The molecule has 1 aliphatic carbocycles. The monoisotopic (exact) mass is 369 g/mol. The van der Waals surface area contributed by atoms with Crippen molar-refractivity contribution in [3.8, 4) is 5.69 Å². The van der Waals surface area contributed by atoms with Crippen LogP contribution in [0.25, 0.3) is 5.69 Å². The third-order valence-electron chi connectivity index (χ3n) is 4.12. The molecule has 1 heterocycles. The predicted molar refractivity (Wildman–Crippen MR) is 89.7 cm³/mol. The van der Waals surface area contributed by atoms with Crippen molar-refractivity contribution in [2.75, 3.05) is 0 Å². The van der Waals surface area contributed by atoms with Crippen LogP contribution in [0.3, 0.4) is 0 Å². The molecule has 1 aliphatic rings. The minimum Gasteiger partial charge on any atom is -0.333 e. The summed E-state index contributed by atoms with van der Waals surface area (Å²) in [5, 5.41) is 2.88. The first-order valence-electron chi connectivity index (χ1n) is 8.05. The SMILES string of the molecule is Cc1cn(-c2ccc(C(F)(F)F)cc2)/c(=N/C(=O)NC2CCCC2)s1. The number of hydrogen-bond acceptors (Lipinski definition) is 2. The van der Waals surface area contributed by atoms with Gasteiger partial charge >= 0.3 is 12.2 Å². The van der Waals surface area contributed by atoms with E-state index in [0.29, 0.717) is 10.5 Å². The smallest absolute Gasteiger partial charge is 0.333 e. The van der Waals surface area contributed by atoms with Crippen molar-refractivity contribution in [2.24, 2.45) is 4.99 Å². The summed E-state index contributed by atoms with van der Waals surface area (Å²) in [5.74, 6) is 0. The van der Waals surface area contributed by atoms with Crippen LogP contribution in [0.4, 0.5) is 18.0 Å². The Morgan fingerprint density at radius 1 is 1.24 bits per heavy atom. The van der Waals surface area contributed by atoms with Crippen molar-refractivity contribution in [1.29, 1.82) is 0 Å². The number of nitrogens with zero attached hydrogens (tertiary/aromatic N) is 2. The lowest BCUT2D eigenvalue weighted by atomic mass is 10.2. The first-order valence-corrected chi connectivity index (χ1v) is 8.86. The largest absolute Gasteiger partial charge is 0.416 e. The van der Waals surface area contributed by atoms with Crippen LogP contribution in [0.2, 0.25) is 0 Å². The molecule has 3 rings (SSSR count). The molecule has 4 nitrogen and oxygen atoms in total. The van der Waals surface area contributed by atoms with Crippen LogP contribution < -0.4 is 10.1 Å². The highest BCUT2D eigenvalue weighted by Crippen LogP contribution is 2.29. The van der Waals surface area contributed by atoms with Gasteiger partial charge in [-0.2, -0.15) is 18.2 Å². The molecule has 1 aromatic heterocycles. The average molecular weight is 369 g/mol. The first-order chi connectivity index (χ1) is 11.8. The molecule has 1 fully saturated rings. The van der Waals surface area contributed by atoms with Gasteiger partial charge in [0.25, 0.3) is 0 Å². The number of rotatable bonds is 2. The van der Waals surface area contributed by atoms with Gasteiger partial charge in [0.2, 0.25) is 0 Å². The minimum absolute atomic E-state index is 0.164. The van der Waals surface area contributed by atoms with Crippen molar-refractivity contribution >= 4 is 17.4 Å². The molecule has 2 amide bonds. The summed E-state index contributed by atoms with van der Waals surface area (Å²) in [7, 11) is 0. The Kier molecular flexibility index (Phi) is 4.99. The van der Waals surface area contributed by atoms with Gasteiger partial charge in [0.15, 0.2) is 4.80 Å². The topological polar surface area (TPSA) is 46.4 Å². The quantitative estimate of drug-likeness (QED) is 0.837. The van der Waals surface area contributed by atoms with E-state index in [0.717, 1.165) is 42.7 Å². The Balaban J connectivity index is 1.87. The fourth-order valence-corrected chi connectivity index (χ4v) is 3.72. The van der Waals surface area contributed by atoms with E-state index in [-0.39, 0.29) is 6.04 Å². The van der Waals surface area contributed by atoms with Gasteiger partial charge in [-0.25, -0.2) is 4.79 Å². The maximum absolute atomic E-state index is 12.7. The Labute approximate surface area is 147 Å². The number of halogens is 3. The molecule has 25 heavy (non-hydrogen) atoms. The minimum atomic E-state index is -4.37. The van der Waals surface area contributed by atoms with Crippen LogP contribution in [0.15, 0.2) is 35.5 Å². The summed E-state index contributed by atoms with van der Waals surface area (Å²) < 4.78 is 39.7. The normalized spacial score (nSPS) is 16.4. The number of aryl methyl sites for hydroxylation is 1. The van der Waals surface area contributed by atoms with Gasteiger partial charge in [-0.05, 0) is 44.0 Å². The highest BCUT2D eigenvalue weighted by atomic mass is 32.1. The number of aromatic nitrogens is 1. The number of carbonyl (C=O) groups is 1. The molecule has 0 saturated heterocycles. The Morgan fingerprint density at radius 2 is 1.88 bits per heavy atom. The van der Waals surface area contributed by atoms with E-state index in [4.69, 9.17) is 0 Å². The molecular weight excluding hydrogens is 351 g/mol. The van der Waals surface area contributed by atoms with Gasteiger partial charge in [-0.1, -0.05) is 12.8 Å². The van der Waals surface area contributed by atoms with E-state index < -0.39 is 17.8 Å². The summed E-state index contributed by atoms with van der Waals surface area (Å²) in [6.45, 7) is 1.86. The molecule has 0 radical (unpaired) electrons. The molecule has 134 valence electrons. The van der Waals surface area contributed by atoms with Crippen LogP contribution in [-0.4, -0.2) is 16.6 Å². The lowest BCUT2D eigenvalue weighted by Gasteiger charge is -2.09. The second kappa shape index (κ2) is 7.03.